The fourth-order valence-corrected chi connectivity index (χ4v) is 3.33. The van der Waals surface area contributed by atoms with E-state index in [4.69, 9.17) is 17.3 Å². The summed E-state index contributed by atoms with van der Waals surface area (Å²) < 4.78 is 0.667. The van der Waals surface area contributed by atoms with Gasteiger partial charge >= 0.3 is 0 Å². The summed E-state index contributed by atoms with van der Waals surface area (Å²) in [5.41, 5.74) is 5.61. The Hall–Kier alpha value is -0.290. The first kappa shape index (κ1) is 15.8. The number of nitrogens with two attached hydrogens (primary N) is 1. The van der Waals surface area contributed by atoms with Crippen LogP contribution in [0.4, 0.5) is 0 Å². The van der Waals surface area contributed by atoms with E-state index in [1.165, 1.54) is 17.8 Å². The minimum Gasteiger partial charge on any atom is -0.335 e. The van der Waals surface area contributed by atoms with Gasteiger partial charge in [-0.05, 0) is 44.4 Å². The summed E-state index contributed by atoms with van der Waals surface area (Å²) in [6.45, 7) is 1.48. The van der Waals surface area contributed by atoms with E-state index in [-0.39, 0.29) is 18.3 Å². The van der Waals surface area contributed by atoms with E-state index in [1.54, 1.807) is 6.07 Å². The van der Waals surface area contributed by atoms with Gasteiger partial charge in [-0.3, -0.25) is 4.79 Å². The van der Waals surface area contributed by atoms with Crippen molar-refractivity contribution in [1.29, 1.82) is 0 Å². The van der Waals surface area contributed by atoms with Crippen molar-refractivity contribution >= 4 is 41.3 Å². The molecule has 1 fully saturated rings. The Morgan fingerprint density at radius 2 is 2.28 bits per heavy atom. The van der Waals surface area contributed by atoms with Crippen LogP contribution >= 0.6 is 35.3 Å². The summed E-state index contributed by atoms with van der Waals surface area (Å²) >= 11 is 7.22. The number of carbonyl (C=O) groups is 1. The number of rotatable bonds is 3. The van der Waals surface area contributed by atoms with Crippen molar-refractivity contribution < 1.29 is 4.79 Å². The van der Waals surface area contributed by atoms with Crippen LogP contribution in [0.1, 0.15) is 35.4 Å². The van der Waals surface area contributed by atoms with E-state index in [9.17, 15) is 4.79 Å². The van der Waals surface area contributed by atoms with Crippen molar-refractivity contribution in [3.05, 3.63) is 21.3 Å². The van der Waals surface area contributed by atoms with Crippen molar-refractivity contribution in [2.75, 3.05) is 13.1 Å². The van der Waals surface area contributed by atoms with E-state index in [1.807, 2.05) is 11.0 Å². The van der Waals surface area contributed by atoms with Crippen LogP contribution in [0.2, 0.25) is 4.34 Å². The number of piperidine rings is 1. The van der Waals surface area contributed by atoms with E-state index in [0.29, 0.717) is 16.9 Å². The zero-order valence-corrected chi connectivity index (χ0v) is 12.5. The lowest BCUT2D eigenvalue weighted by molar-refractivity contribution is 0.0610. The van der Waals surface area contributed by atoms with Gasteiger partial charge in [-0.1, -0.05) is 11.6 Å². The molecule has 0 aliphatic carbocycles. The van der Waals surface area contributed by atoms with Gasteiger partial charge in [0.25, 0.3) is 5.91 Å². The summed E-state index contributed by atoms with van der Waals surface area (Å²) in [5.74, 6) is 0.111. The van der Waals surface area contributed by atoms with Crippen molar-refractivity contribution in [3.8, 4) is 0 Å². The van der Waals surface area contributed by atoms with Crippen LogP contribution in [-0.2, 0) is 0 Å². The summed E-state index contributed by atoms with van der Waals surface area (Å²) in [7, 11) is 0. The molecule has 0 spiro atoms. The second kappa shape index (κ2) is 7.34. The van der Waals surface area contributed by atoms with Crippen molar-refractivity contribution in [1.82, 2.24) is 4.90 Å². The third-order valence-corrected chi connectivity index (χ3v) is 4.39. The van der Waals surface area contributed by atoms with Crippen molar-refractivity contribution in [2.24, 2.45) is 5.73 Å². The van der Waals surface area contributed by atoms with Gasteiger partial charge in [0, 0.05) is 12.6 Å². The molecule has 1 unspecified atom stereocenters. The molecule has 1 aliphatic heterocycles. The lowest BCUT2D eigenvalue weighted by Gasteiger charge is -2.35. The summed E-state index contributed by atoms with van der Waals surface area (Å²) in [6.07, 6.45) is 4.25. The second-order valence-corrected chi connectivity index (χ2v) is 6.04. The van der Waals surface area contributed by atoms with Crippen LogP contribution in [-0.4, -0.2) is 29.9 Å². The zero-order valence-electron chi connectivity index (χ0n) is 10.1. The number of amides is 1. The third-order valence-electron chi connectivity index (χ3n) is 3.17. The molecule has 6 heteroatoms. The minimum atomic E-state index is 0. The fourth-order valence-electron chi connectivity index (χ4n) is 2.33. The van der Waals surface area contributed by atoms with Crippen LogP contribution in [0.3, 0.4) is 0 Å². The largest absolute Gasteiger partial charge is 0.335 e. The molecule has 102 valence electrons. The number of hydrogen-bond acceptors (Lipinski definition) is 3. The molecule has 0 bridgehead atoms. The van der Waals surface area contributed by atoms with Crippen LogP contribution in [0, 0.1) is 0 Å². The van der Waals surface area contributed by atoms with Gasteiger partial charge in [0.1, 0.15) is 0 Å². The Bertz CT molecular complexity index is 395. The third kappa shape index (κ3) is 3.60. The highest BCUT2D eigenvalue weighted by molar-refractivity contribution is 7.17. The molecule has 2 N–H and O–H groups in total. The maximum Gasteiger partial charge on any atom is 0.264 e. The smallest absolute Gasteiger partial charge is 0.264 e. The van der Waals surface area contributed by atoms with Gasteiger partial charge < -0.3 is 10.6 Å². The van der Waals surface area contributed by atoms with Gasteiger partial charge in [-0.25, -0.2) is 0 Å². The lowest BCUT2D eigenvalue weighted by atomic mass is 9.99. The zero-order chi connectivity index (χ0) is 12.3. The van der Waals surface area contributed by atoms with Crippen LogP contribution < -0.4 is 5.73 Å². The molecule has 2 heterocycles. The highest BCUT2D eigenvalue weighted by Crippen LogP contribution is 2.26. The normalized spacial score (nSPS) is 19.4. The predicted octanol–water partition coefficient (Wildman–Crippen LogP) is 3.17. The van der Waals surface area contributed by atoms with Gasteiger partial charge in [-0.15, -0.1) is 23.7 Å². The maximum atomic E-state index is 12.3. The minimum absolute atomic E-state index is 0. The summed E-state index contributed by atoms with van der Waals surface area (Å²) in [5, 5.41) is 0. The first-order chi connectivity index (χ1) is 8.22. The molecule has 3 nitrogen and oxygen atoms in total. The van der Waals surface area contributed by atoms with Gasteiger partial charge in [0.2, 0.25) is 0 Å². The van der Waals surface area contributed by atoms with E-state index >= 15 is 0 Å². The Kier molecular flexibility index (Phi) is 6.43. The first-order valence-electron chi connectivity index (χ1n) is 5.98. The molecule has 1 atom stereocenters. The highest BCUT2D eigenvalue weighted by atomic mass is 35.5. The fraction of sp³-hybridized carbons (Fsp3) is 0.583. The molecule has 0 saturated carbocycles. The Morgan fingerprint density at radius 1 is 1.50 bits per heavy atom. The Labute approximate surface area is 123 Å². The molecule has 0 aromatic carbocycles. The lowest BCUT2D eigenvalue weighted by Crippen LogP contribution is -2.44. The molecular formula is C12H18Cl2N2OS. The van der Waals surface area contributed by atoms with E-state index in [0.717, 1.165) is 30.7 Å². The average Bonchev–Trinajstić information content (AvgIpc) is 2.76. The highest BCUT2D eigenvalue weighted by Gasteiger charge is 2.27. The van der Waals surface area contributed by atoms with Crippen LogP contribution in [0.25, 0.3) is 0 Å². The molecular weight excluding hydrogens is 291 g/mol. The number of hydrogen-bond donors (Lipinski definition) is 1. The average molecular weight is 309 g/mol. The van der Waals surface area contributed by atoms with Gasteiger partial charge in [-0.2, -0.15) is 0 Å². The number of thiophene rings is 1. The first-order valence-corrected chi connectivity index (χ1v) is 7.18. The number of halogens is 2. The molecule has 1 aromatic heterocycles. The van der Waals surface area contributed by atoms with Gasteiger partial charge in [0.05, 0.1) is 9.21 Å². The SMILES string of the molecule is Cl.NCCC1CCCCN1C(=O)c1ccc(Cl)s1. The molecule has 1 amide bonds. The standard InChI is InChI=1S/C12H17ClN2OS.ClH/c13-11-5-4-10(17-11)12(16)15-8-2-1-3-9(15)6-7-14;/h4-5,9H,1-3,6-8,14H2;1H. The Balaban J connectivity index is 0.00000162. The molecule has 18 heavy (non-hydrogen) atoms. The number of nitrogens with zero attached hydrogens (tertiary/aromatic N) is 1. The van der Waals surface area contributed by atoms with Gasteiger partial charge in [0.15, 0.2) is 0 Å². The van der Waals surface area contributed by atoms with Crippen molar-refractivity contribution in [3.63, 3.8) is 0 Å². The quantitative estimate of drug-likeness (QED) is 0.932. The number of carbonyl (C=O) groups excluding carboxylic acids is 1. The molecule has 1 saturated heterocycles. The van der Waals surface area contributed by atoms with Crippen molar-refractivity contribution in [2.45, 2.75) is 31.7 Å². The molecule has 2 rings (SSSR count). The van der Waals surface area contributed by atoms with Crippen LogP contribution in [0.15, 0.2) is 12.1 Å². The summed E-state index contributed by atoms with van der Waals surface area (Å²) in [4.78, 5) is 15.0. The monoisotopic (exact) mass is 308 g/mol. The molecule has 1 aromatic rings. The molecule has 0 radical (unpaired) electrons. The maximum absolute atomic E-state index is 12.3. The number of likely N-dealkylation sites (tertiary alicyclic amines) is 1. The Morgan fingerprint density at radius 3 is 2.89 bits per heavy atom. The second-order valence-electron chi connectivity index (χ2n) is 4.33. The topological polar surface area (TPSA) is 46.3 Å². The predicted molar refractivity (Wildman–Crippen MR) is 78.9 cm³/mol. The molecule has 1 aliphatic rings. The van der Waals surface area contributed by atoms with E-state index < -0.39 is 0 Å². The summed E-state index contributed by atoms with van der Waals surface area (Å²) in [6, 6.07) is 3.90. The van der Waals surface area contributed by atoms with Crippen LogP contribution in [0.5, 0.6) is 0 Å². The van der Waals surface area contributed by atoms with E-state index in [2.05, 4.69) is 0 Å².